The van der Waals surface area contributed by atoms with Crippen LogP contribution in [0.5, 0.6) is 5.75 Å². The normalized spacial score (nSPS) is 26.8. The Hall–Kier alpha value is 0.0200. The Morgan fingerprint density at radius 1 is 0.868 bits per heavy atom. The first-order valence-electron chi connectivity index (χ1n) is 14.2. The Bertz CT molecular complexity index is 774. The topological polar surface area (TPSA) is 71.3 Å². The van der Waals surface area contributed by atoms with Crippen molar-refractivity contribution in [3.05, 3.63) is 29.3 Å². The van der Waals surface area contributed by atoms with Gasteiger partial charge < -0.3 is 26.4 Å². The van der Waals surface area contributed by atoms with Crippen LogP contribution >= 0.6 is 49.6 Å². The van der Waals surface area contributed by atoms with Gasteiger partial charge in [0.1, 0.15) is 5.75 Å². The Morgan fingerprint density at radius 2 is 1.55 bits per heavy atom. The van der Waals surface area contributed by atoms with E-state index in [1.807, 2.05) is 0 Å². The summed E-state index contributed by atoms with van der Waals surface area (Å²) in [5.74, 6) is 3.55. The van der Waals surface area contributed by atoms with Crippen molar-refractivity contribution in [1.29, 1.82) is 0 Å². The molecule has 0 unspecified atom stereocenters. The van der Waals surface area contributed by atoms with E-state index in [1.165, 1.54) is 57.8 Å². The zero-order valence-electron chi connectivity index (χ0n) is 23.5. The Kier molecular flexibility index (Phi) is 19.2. The molecular weight excluding hydrogens is 562 g/mol. The molecule has 0 aliphatic heterocycles. The van der Waals surface area contributed by atoms with Crippen molar-refractivity contribution in [1.82, 2.24) is 16.0 Å². The highest BCUT2D eigenvalue weighted by Crippen LogP contribution is 2.60. The number of aryl methyl sites for hydroxylation is 1. The smallest absolute Gasteiger partial charge is 0.119 e. The second-order valence-corrected chi connectivity index (χ2v) is 11.3. The highest BCUT2D eigenvalue weighted by Gasteiger charge is 2.54. The van der Waals surface area contributed by atoms with Crippen molar-refractivity contribution >= 4 is 49.6 Å². The number of hydrogen-bond donors (Lipinski definition) is 4. The maximum absolute atomic E-state index is 5.52. The van der Waals surface area contributed by atoms with Crippen molar-refractivity contribution in [2.45, 2.75) is 83.1 Å². The van der Waals surface area contributed by atoms with Gasteiger partial charge in [-0.25, -0.2) is 0 Å². The second kappa shape index (κ2) is 19.2. The van der Waals surface area contributed by atoms with Gasteiger partial charge in [-0.15, -0.1) is 49.6 Å². The van der Waals surface area contributed by atoms with Gasteiger partial charge in [0.05, 0.1) is 7.11 Å². The van der Waals surface area contributed by atoms with Crippen LogP contribution < -0.4 is 26.4 Å². The summed E-state index contributed by atoms with van der Waals surface area (Å²) < 4.78 is 5.49. The molecule has 0 radical (unpaired) electrons. The number of halogens is 4. The molecule has 5 N–H and O–H groups in total. The first kappa shape index (κ1) is 38.0. The summed E-state index contributed by atoms with van der Waals surface area (Å²) in [7, 11) is 1.78. The molecule has 2 saturated carbocycles. The molecule has 3 aliphatic rings. The minimum Gasteiger partial charge on any atom is -0.497 e. The van der Waals surface area contributed by atoms with Crippen LogP contribution in [0.25, 0.3) is 0 Å². The number of ether oxygens (including phenoxy) is 1. The highest BCUT2D eigenvalue weighted by atomic mass is 35.5. The summed E-state index contributed by atoms with van der Waals surface area (Å²) in [5, 5.41) is 11.1. The number of nitrogens with two attached hydrogens (primary N) is 1. The van der Waals surface area contributed by atoms with Gasteiger partial charge in [-0.2, -0.15) is 0 Å². The quantitative estimate of drug-likeness (QED) is 0.196. The summed E-state index contributed by atoms with van der Waals surface area (Å²) in [6.45, 7) is 8.99. The van der Waals surface area contributed by atoms with E-state index in [9.17, 15) is 0 Å². The van der Waals surface area contributed by atoms with Crippen LogP contribution in [-0.4, -0.2) is 52.4 Å². The molecular formula is C29H54Cl4N4O. The minimum atomic E-state index is 0. The van der Waals surface area contributed by atoms with E-state index in [0.29, 0.717) is 11.5 Å². The number of fused-ring (bicyclic) bond motifs is 5. The molecule has 224 valence electrons. The Balaban J connectivity index is 0.00000342. The van der Waals surface area contributed by atoms with E-state index in [2.05, 4.69) is 41.1 Å². The Labute approximate surface area is 257 Å². The third kappa shape index (κ3) is 9.27. The van der Waals surface area contributed by atoms with Gasteiger partial charge >= 0.3 is 0 Å². The molecule has 38 heavy (non-hydrogen) atoms. The van der Waals surface area contributed by atoms with Gasteiger partial charge in [-0.1, -0.05) is 13.0 Å². The number of rotatable bonds is 14. The molecule has 0 saturated heterocycles. The average molecular weight is 617 g/mol. The van der Waals surface area contributed by atoms with Gasteiger partial charge in [0.25, 0.3) is 0 Å². The second-order valence-electron chi connectivity index (χ2n) is 11.3. The number of nitrogens with one attached hydrogen (secondary N) is 3. The molecule has 1 aromatic rings. The third-order valence-corrected chi connectivity index (χ3v) is 9.37. The Morgan fingerprint density at radius 3 is 2.24 bits per heavy atom. The number of unbranched alkanes of at least 4 members (excludes halogenated alkanes) is 1. The van der Waals surface area contributed by atoms with E-state index in [-0.39, 0.29) is 49.6 Å². The van der Waals surface area contributed by atoms with E-state index >= 15 is 0 Å². The summed E-state index contributed by atoms with van der Waals surface area (Å²) in [6, 6.07) is 7.56. The SMILES string of the molecule is COc1ccc2c(c1)CC[C@@H]1[C@@H]2CC[C@]2(C)[C@@H](NCCCNCCCCNCCCN)CC[C@@H]12.Cl.Cl.Cl.Cl. The van der Waals surface area contributed by atoms with E-state index < -0.39 is 0 Å². The number of benzene rings is 1. The molecule has 0 heterocycles. The van der Waals surface area contributed by atoms with Crippen LogP contribution in [0.2, 0.25) is 0 Å². The van der Waals surface area contributed by atoms with Crippen LogP contribution in [0, 0.1) is 17.3 Å². The lowest BCUT2D eigenvalue weighted by molar-refractivity contribution is 0.0412. The van der Waals surface area contributed by atoms with Crippen molar-refractivity contribution < 1.29 is 4.74 Å². The molecule has 5 atom stereocenters. The van der Waals surface area contributed by atoms with Crippen LogP contribution in [0.3, 0.4) is 0 Å². The fourth-order valence-corrected chi connectivity index (χ4v) is 7.49. The fourth-order valence-electron chi connectivity index (χ4n) is 7.49. The molecule has 3 aliphatic carbocycles. The van der Waals surface area contributed by atoms with Gasteiger partial charge in [-0.05, 0) is 150 Å². The monoisotopic (exact) mass is 614 g/mol. The van der Waals surface area contributed by atoms with Gasteiger partial charge in [-0.3, -0.25) is 0 Å². The zero-order valence-corrected chi connectivity index (χ0v) is 26.7. The standard InChI is InChI=1S/C29H50N4O.4ClH/c1-29-14-13-25-24-10-8-23(34-2)21-22(24)7-9-26(25)27(29)11-12-28(29)33-20-6-19-32-17-4-3-16-31-18-5-15-30;;;;/h8,10,21,25-28,31-33H,3-7,9,11-20,30H2,1-2H3;4*1H/t25-,26-,27+,28+,29+;;;;/m1..../s1. The van der Waals surface area contributed by atoms with E-state index in [1.54, 1.807) is 18.2 Å². The molecule has 0 bridgehead atoms. The average Bonchev–Trinajstić information content (AvgIpc) is 3.20. The van der Waals surface area contributed by atoms with Crippen LogP contribution in [-0.2, 0) is 6.42 Å². The molecule has 2 fully saturated rings. The van der Waals surface area contributed by atoms with Crippen molar-refractivity contribution in [3.8, 4) is 5.75 Å². The summed E-state index contributed by atoms with van der Waals surface area (Å²) in [5.41, 5.74) is 9.18. The summed E-state index contributed by atoms with van der Waals surface area (Å²) in [4.78, 5) is 0. The predicted octanol–water partition coefficient (Wildman–Crippen LogP) is 5.90. The zero-order chi connectivity index (χ0) is 23.8. The highest BCUT2D eigenvalue weighted by molar-refractivity contribution is 5.86. The molecule has 0 amide bonds. The van der Waals surface area contributed by atoms with Crippen molar-refractivity contribution in [3.63, 3.8) is 0 Å². The van der Waals surface area contributed by atoms with E-state index in [4.69, 9.17) is 10.5 Å². The van der Waals surface area contributed by atoms with Crippen LogP contribution in [0.15, 0.2) is 18.2 Å². The summed E-state index contributed by atoms with van der Waals surface area (Å²) in [6.07, 6.45) is 12.9. The molecule has 9 heteroatoms. The van der Waals surface area contributed by atoms with Crippen LogP contribution in [0.4, 0.5) is 0 Å². The number of hydrogen-bond acceptors (Lipinski definition) is 5. The van der Waals surface area contributed by atoms with Crippen molar-refractivity contribution in [2.75, 3.05) is 46.4 Å². The molecule has 0 spiro atoms. The van der Waals surface area contributed by atoms with E-state index in [0.717, 1.165) is 69.2 Å². The maximum Gasteiger partial charge on any atom is 0.119 e. The summed E-state index contributed by atoms with van der Waals surface area (Å²) >= 11 is 0. The first-order valence-corrected chi connectivity index (χ1v) is 14.2. The molecule has 5 nitrogen and oxygen atoms in total. The van der Waals surface area contributed by atoms with Crippen molar-refractivity contribution in [2.24, 2.45) is 23.0 Å². The minimum absolute atomic E-state index is 0. The maximum atomic E-state index is 5.52. The van der Waals surface area contributed by atoms with Gasteiger partial charge in [0, 0.05) is 6.04 Å². The lowest BCUT2D eigenvalue weighted by atomic mass is 9.55. The lowest BCUT2D eigenvalue weighted by Crippen LogP contribution is -2.49. The lowest BCUT2D eigenvalue weighted by Gasteiger charge is -2.51. The number of methoxy groups -OCH3 is 1. The molecule has 0 aromatic heterocycles. The third-order valence-electron chi connectivity index (χ3n) is 9.37. The molecule has 4 rings (SSSR count). The fraction of sp³-hybridized carbons (Fsp3) is 0.793. The van der Waals surface area contributed by atoms with Gasteiger partial charge in [0.2, 0.25) is 0 Å². The van der Waals surface area contributed by atoms with Crippen LogP contribution in [0.1, 0.15) is 81.8 Å². The first-order chi connectivity index (χ1) is 16.7. The predicted molar refractivity (Wildman–Crippen MR) is 172 cm³/mol. The van der Waals surface area contributed by atoms with Gasteiger partial charge in [0.15, 0.2) is 0 Å². The largest absolute Gasteiger partial charge is 0.497 e. The molecule has 1 aromatic carbocycles.